The van der Waals surface area contributed by atoms with E-state index in [1.54, 1.807) is 6.20 Å². The maximum Gasteiger partial charge on any atom is 0.262 e. The third-order valence-electron chi connectivity index (χ3n) is 2.43. The second-order valence-electron chi connectivity index (χ2n) is 3.64. The zero-order valence-electron chi connectivity index (χ0n) is 9.81. The van der Waals surface area contributed by atoms with Crippen LogP contribution in [-0.4, -0.2) is 9.97 Å². The van der Waals surface area contributed by atoms with Crippen LogP contribution in [0.4, 0.5) is 0 Å². The highest BCUT2D eigenvalue weighted by atomic mass is 32.2. The largest absolute Gasteiger partial charge is 0.436 e. The molecular formula is C12H11N3OS. The maximum absolute atomic E-state index is 9.08. The summed E-state index contributed by atoms with van der Waals surface area (Å²) in [6.45, 7) is 5.63. The molecule has 0 amide bonds. The minimum absolute atomic E-state index is 0.523. The molecule has 0 atom stereocenters. The molecule has 0 saturated heterocycles. The Morgan fingerprint density at radius 2 is 2.12 bits per heavy atom. The zero-order valence-corrected chi connectivity index (χ0v) is 10.6. The first-order valence-electron chi connectivity index (χ1n) is 5.09. The summed E-state index contributed by atoms with van der Waals surface area (Å²) < 4.78 is 5.46. The van der Waals surface area contributed by atoms with Gasteiger partial charge in [0.05, 0.1) is 11.3 Å². The molecule has 0 saturated carbocycles. The van der Waals surface area contributed by atoms with E-state index in [4.69, 9.17) is 9.68 Å². The number of oxazole rings is 1. The van der Waals surface area contributed by atoms with Crippen molar-refractivity contribution in [2.75, 3.05) is 0 Å². The van der Waals surface area contributed by atoms with E-state index in [1.807, 2.05) is 26.8 Å². The van der Waals surface area contributed by atoms with Crippen molar-refractivity contribution in [1.82, 2.24) is 9.97 Å². The quantitative estimate of drug-likeness (QED) is 0.813. The Balaban J connectivity index is 2.37. The normalized spacial score (nSPS) is 10.2. The van der Waals surface area contributed by atoms with E-state index in [2.05, 4.69) is 16.0 Å². The van der Waals surface area contributed by atoms with Crippen LogP contribution in [0, 0.1) is 32.1 Å². The molecule has 5 heteroatoms. The van der Waals surface area contributed by atoms with Gasteiger partial charge in [0.25, 0.3) is 5.22 Å². The summed E-state index contributed by atoms with van der Waals surface area (Å²) in [5.41, 5.74) is 2.34. The molecule has 0 bridgehead atoms. The van der Waals surface area contributed by atoms with Gasteiger partial charge in [-0.15, -0.1) is 0 Å². The van der Waals surface area contributed by atoms with Gasteiger partial charge in [0.15, 0.2) is 0 Å². The summed E-state index contributed by atoms with van der Waals surface area (Å²) in [5, 5.41) is 10.2. The van der Waals surface area contributed by atoms with Crippen LogP contribution in [0.5, 0.6) is 0 Å². The molecule has 2 heterocycles. The van der Waals surface area contributed by atoms with Crippen molar-refractivity contribution in [3.05, 3.63) is 34.8 Å². The third kappa shape index (κ3) is 2.32. The number of hydrogen-bond acceptors (Lipinski definition) is 5. The fraction of sp³-hybridized carbons (Fsp3) is 0.250. The number of rotatable bonds is 2. The van der Waals surface area contributed by atoms with Crippen LogP contribution >= 0.6 is 11.8 Å². The maximum atomic E-state index is 9.08. The summed E-state index contributed by atoms with van der Waals surface area (Å²) >= 11 is 1.28. The summed E-state index contributed by atoms with van der Waals surface area (Å²) in [6, 6.07) is 3.97. The highest BCUT2D eigenvalue weighted by Gasteiger charge is 2.13. The number of nitrogens with zero attached hydrogens (tertiary/aromatic N) is 3. The lowest BCUT2D eigenvalue weighted by molar-refractivity contribution is 0.431. The van der Waals surface area contributed by atoms with Crippen molar-refractivity contribution in [2.45, 2.75) is 31.0 Å². The minimum Gasteiger partial charge on any atom is -0.436 e. The Hall–Kier alpha value is -1.80. The SMILES string of the molecule is Cc1ccnc(Sc2nc(C)c(C)o2)c1C#N. The standard InChI is InChI=1S/C12H11N3OS/c1-7-4-5-14-11(10(7)6-13)17-12-15-8(2)9(3)16-12/h4-5H,1-3H3. The number of pyridine rings is 1. The van der Waals surface area contributed by atoms with Crippen molar-refractivity contribution >= 4 is 11.8 Å². The van der Waals surface area contributed by atoms with Crippen molar-refractivity contribution < 1.29 is 4.42 Å². The molecule has 4 nitrogen and oxygen atoms in total. The first-order chi connectivity index (χ1) is 8.11. The lowest BCUT2D eigenvalue weighted by Crippen LogP contribution is -1.90. The minimum atomic E-state index is 0.523. The van der Waals surface area contributed by atoms with Crippen molar-refractivity contribution in [1.29, 1.82) is 5.26 Å². The molecule has 0 spiro atoms. The molecule has 86 valence electrons. The molecule has 2 aromatic heterocycles. The van der Waals surface area contributed by atoms with Gasteiger partial charge in [-0.3, -0.25) is 0 Å². The van der Waals surface area contributed by atoms with E-state index in [1.165, 1.54) is 11.8 Å². The molecule has 2 aromatic rings. The van der Waals surface area contributed by atoms with Gasteiger partial charge < -0.3 is 4.42 Å². The molecular weight excluding hydrogens is 234 g/mol. The Kier molecular flexibility index (Phi) is 3.16. The Labute approximate surface area is 104 Å². The molecule has 0 unspecified atom stereocenters. The molecule has 0 radical (unpaired) electrons. The summed E-state index contributed by atoms with van der Waals surface area (Å²) in [6.07, 6.45) is 1.68. The fourth-order valence-electron chi connectivity index (χ4n) is 1.32. The molecule has 2 rings (SSSR count). The molecule has 0 N–H and O–H groups in total. The van der Waals surface area contributed by atoms with Gasteiger partial charge in [-0.2, -0.15) is 5.26 Å². The number of aryl methyl sites for hydroxylation is 3. The van der Waals surface area contributed by atoms with Gasteiger partial charge in [0, 0.05) is 6.20 Å². The van der Waals surface area contributed by atoms with Gasteiger partial charge in [0.1, 0.15) is 16.9 Å². The molecule has 17 heavy (non-hydrogen) atoms. The topological polar surface area (TPSA) is 62.7 Å². The van der Waals surface area contributed by atoms with Gasteiger partial charge in [-0.1, -0.05) is 0 Å². The molecule has 0 aliphatic carbocycles. The summed E-state index contributed by atoms with van der Waals surface area (Å²) in [4.78, 5) is 8.44. The highest BCUT2D eigenvalue weighted by Crippen LogP contribution is 2.30. The summed E-state index contributed by atoms with van der Waals surface area (Å²) in [5.74, 6) is 0.790. The van der Waals surface area contributed by atoms with Crippen LogP contribution in [0.3, 0.4) is 0 Å². The van der Waals surface area contributed by atoms with E-state index in [9.17, 15) is 0 Å². The third-order valence-corrected chi connectivity index (χ3v) is 3.28. The highest BCUT2D eigenvalue weighted by molar-refractivity contribution is 7.99. The number of aromatic nitrogens is 2. The van der Waals surface area contributed by atoms with Crippen molar-refractivity contribution in [3.63, 3.8) is 0 Å². The average molecular weight is 245 g/mol. The summed E-state index contributed by atoms with van der Waals surface area (Å²) in [7, 11) is 0. The predicted octanol–water partition coefficient (Wildman–Crippen LogP) is 3.02. The van der Waals surface area contributed by atoms with E-state index in [0.717, 1.165) is 17.0 Å². The molecule has 0 aromatic carbocycles. The lowest BCUT2D eigenvalue weighted by Gasteiger charge is -2.01. The molecule has 0 aliphatic rings. The van der Waals surface area contributed by atoms with Gasteiger partial charge >= 0.3 is 0 Å². The predicted molar refractivity (Wildman–Crippen MR) is 63.8 cm³/mol. The van der Waals surface area contributed by atoms with E-state index >= 15 is 0 Å². The first-order valence-corrected chi connectivity index (χ1v) is 5.91. The Morgan fingerprint density at radius 1 is 1.35 bits per heavy atom. The van der Waals surface area contributed by atoms with Gasteiger partial charge in [-0.25, -0.2) is 9.97 Å². The fourth-order valence-corrected chi connectivity index (χ4v) is 2.25. The van der Waals surface area contributed by atoms with Gasteiger partial charge in [0.2, 0.25) is 0 Å². The second kappa shape index (κ2) is 4.60. The van der Waals surface area contributed by atoms with E-state index < -0.39 is 0 Å². The number of hydrogen-bond donors (Lipinski definition) is 0. The average Bonchev–Trinajstić information content (AvgIpc) is 2.58. The molecule has 0 aliphatic heterocycles. The van der Waals surface area contributed by atoms with Gasteiger partial charge in [-0.05, 0) is 44.2 Å². The number of nitriles is 1. The van der Waals surface area contributed by atoms with Crippen molar-refractivity contribution in [3.8, 4) is 6.07 Å². The molecule has 0 fully saturated rings. The van der Waals surface area contributed by atoms with Crippen LogP contribution < -0.4 is 0 Å². The van der Waals surface area contributed by atoms with Crippen LogP contribution in [0.2, 0.25) is 0 Å². The second-order valence-corrected chi connectivity index (χ2v) is 4.58. The monoisotopic (exact) mass is 245 g/mol. The lowest BCUT2D eigenvalue weighted by atomic mass is 10.2. The van der Waals surface area contributed by atoms with Crippen LogP contribution in [0.1, 0.15) is 22.6 Å². The zero-order chi connectivity index (χ0) is 12.4. The Bertz CT molecular complexity index is 579. The van der Waals surface area contributed by atoms with E-state index in [0.29, 0.717) is 15.8 Å². The first kappa shape index (κ1) is 11.7. The Morgan fingerprint density at radius 3 is 2.71 bits per heavy atom. The van der Waals surface area contributed by atoms with E-state index in [-0.39, 0.29) is 0 Å². The van der Waals surface area contributed by atoms with Crippen LogP contribution in [-0.2, 0) is 0 Å². The van der Waals surface area contributed by atoms with Crippen LogP contribution in [0.15, 0.2) is 26.9 Å². The van der Waals surface area contributed by atoms with Crippen molar-refractivity contribution in [2.24, 2.45) is 0 Å². The smallest absolute Gasteiger partial charge is 0.262 e. The van der Waals surface area contributed by atoms with Crippen LogP contribution in [0.25, 0.3) is 0 Å².